The molecule has 0 aliphatic carbocycles. The number of hydrogen-bond acceptors (Lipinski definition) is 4. The minimum absolute atomic E-state index is 0.0117. The molecule has 7 nitrogen and oxygen atoms in total. The molecule has 1 amide bonds. The average molecular weight is 231 g/mol. The van der Waals surface area contributed by atoms with E-state index in [1.807, 2.05) is 5.43 Å². The Morgan fingerprint density at radius 2 is 1.93 bits per heavy atom. The van der Waals surface area contributed by atoms with E-state index in [2.05, 4.69) is 0 Å². The second-order valence-electron chi connectivity index (χ2n) is 2.60. The number of carbonyl (C=O) groups excluding carboxylic acids is 1. The van der Waals surface area contributed by atoms with Gasteiger partial charge in [0.2, 0.25) is 0 Å². The normalized spacial score (nSPS) is 10.8. The Morgan fingerprint density at radius 3 is 2.47 bits per heavy atom. The molecular weight excluding hydrogens is 222 g/mol. The molecule has 0 saturated heterocycles. The van der Waals surface area contributed by atoms with Crippen molar-refractivity contribution in [3.8, 4) is 0 Å². The van der Waals surface area contributed by atoms with Crippen LogP contribution in [-0.4, -0.2) is 18.9 Å². The van der Waals surface area contributed by atoms with E-state index in [4.69, 9.17) is 10.4 Å². The first kappa shape index (κ1) is 11.4. The Morgan fingerprint density at radius 1 is 1.33 bits per heavy atom. The van der Waals surface area contributed by atoms with E-state index in [0.29, 0.717) is 0 Å². The summed E-state index contributed by atoms with van der Waals surface area (Å²) in [6, 6.07) is 5.70. The molecule has 0 radical (unpaired) electrons. The second kappa shape index (κ2) is 4.26. The number of benzene rings is 1. The van der Waals surface area contributed by atoms with Gasteiger partial charge in [0.05, 0.1) is 11.3 Å². The summed E-state index contributed by atoms with van der Waals surface area (Å²) in [4.78, 5) is 11.2. The van der Waals surface area contributed by atoms with Crippen LogP contribution in [0.25, 0.3) is 0 Å². The number of carbonyl (C=O) groups is 1. The lowest BCUT2D eigenvalue weighted by molar-refractivity contribution is 0.0954. The molecule has 1 rings (SSSR count). The zero-order valence-corrected chi connectivity index (χ0v) is 8.28. The highest BCUT2D eigenvalue weighted by Gasteiger charge is 2.12. The summed E-state index contributed by atoms with van der Waals surface area (Å²) in [6.45, 7) is 0. The lowest BCUT2D eigenvalue weighted by Gasteiger charge is -2.07. The highest BCUT2D eigenvalue weighted by molar-refractivity contribution is 7.87. The summed E-state index contributed by atoms with van der Waals surface area (Å²) < 4.78 is 31.4. The molecule has 0 fully saturated rings. The van der Waals surface area contributed by atoms with Crippen LogP contribution in [0.4, 0.5) is 5.69 Å². The molecule has 0 bridgehead atoms. The summed E-state index contributed by atoms with van der Waals surface area (Å²) >= 11 is 0. The SMILES string of the molecule is NNC(=O)c1ccccc1NS(=O)(=O)O. The lowest BCUT2D eigenvalue weighted by Crippen LogP contribution is -2.31. The van der Waals surface area contributed by atoms with Crippen molar-refractivity contribution in [2.45, 2.75) is 0 Å². The van der Waals surface area contributed by atoms with E-state index in [-0.39, 0.29) is 11.3 Å². The first-order chi connectivity index (χ1) is 6.94. The molecule has 0 heterocycles. The molecule has 0 atom stereocenters. The summed E-state index contributed by atoms with van der Waals surface area (Å²) in [7, 11) is -4.41. The third-order valence-corrected chi connectivity index (χ3v) is 2.02. The van der Waals surface area contributed by atoms with Crippen molar-refractivity contribution in [3.63, 3.8) is 0 Å². The minimum Gasteiger partial charge on any atom is -0.290 e. The van der Waals surface area contributed by atoms with Gasteiger partial charge in [-0.1, -0.05) is 12.1 Å². The maximum absolute atomic E-state index is 11.2. The van der Waals surface area contributed by atoms with Gasteiger partial charge in [-0.05, 0) is 12.1 Å². The maximum atomic E-state index is 11.2. The number of para-hydroxylation sites is 1. The largest absolute Gasteiger partial charge is 0.357 e. The van der Waals surface area contributed by atoms with E-state index < -0.39 is 16.2 Å². The van der Waals surface area contributed by atoms with Crippen molar-refractivity contribution in [1.82, 2.24) is 5.43 Å². The Hall–Kier alpha value is -1.64. The molecule has 1 aromatic rings. The van der Waals surface area contributed by atoms with Gasteiger partial charge in [-0.15, -0.1) is 0 Å². The zero-order chi connectivity index (χ0) is 11.5. The van der Waals surface area contributed by atoms with Crippen molar-refractivity contribution in [2.24, 2.45) is 5.84 Å². The predicted octanol–water partition coefficient (Wildman–Crippen LogP) is -0.495. The van der Waals surface area contributed by atoms with Crippen LogP contribution >= 0.6 is 0 Å². The van der Waals surface area contributed by atoms with Crippen molar-refractivity contribution in [2.75, 3.05) is 4.72 Å². The van der Waals surface area contributed by atoms with E-state index in [0.717, 1.165) is 0 Å². The van der Waals surface area contributed by atoms with Crippen LogP contribution in [0.5, 0.6) is 0 Å². The molecule has 0 aliphatic rings. The van der Waals surface area contributed by atoms with E-state index in [9.17, 15) is 13.2 Å². The first-order valence-corrected chi connectivity index (χ1v) is 5.23. The van der Waals surface area contributed by atoms with Gasteiger partial charge in [-0.3, -0.25) is 19.5 Å². The number of anilines is 1. The number of amides is 1. The molecule has 82 valence electrons. The molecule has 1 aromatic carbocycles. The van der Waals surface area contributed by atoms with E-state index in [1.165, 1.54) is 24.3 Å². The van der Waals surface area contributed by atoms with Crippen LogP contribution in [-0.2, 0) is 10.3 Å². The van der Waals surface area contributed by atoms with Crippen molar-refractivity contribution in [1.29, 1.82) is 0 Å². The predicted molar refractivity (Wildman–Crippen MR) is 53.3 cm³/mol. The standard InChI is InChI=1S/C7H9N3O4S/c8-9-7(11)5-3-1-2-4-6(5)10-15(12,13)14/h1-4,10H,8H2,(H,9,11)(H,12,13,14). The highest BCUT2D eigenvalue weighted by Crippen LogP contribution is 2.15. The molecule has 0 aromatic heterocycles. The fraction of sp³-hybridized carbons (Fsp3) is 0. The Kier molecular flexibility index (Phi) is 3.24. The summed E-state index contributed by atoms with van der Waals surface area (Å²) in [5.74, 6) is 4.23. The molecule has 5 N–H and O–H groups in total. The van der Waals surface area contributed by atoms with Crippen molar-refractivity contribution in [3.05, 3.63) is 29.8 Å². The summed E-state index contributed by atoms with van der Waals surface area (Å²) in [5, 5.41) is 0. The number of nitrogens with two attached hydrogens (primary N) is 1. The number of nitrogens with one attached hydrogen (secondary N) is 2. The fourth-order valence-corrected chi connectivity index (χ4v) is 1.44. The number of hydrogen-bond donors (Lipinski definition) is 4. The number of nitrogen functional groups attached to an aromatic ring is 1. The molecule has 0 unspecified atom stereocenters. The Balaban J connectivity index is 3.13. The van der Waals surface area contributed by atoms with Crippen molar-refractivity contribution >= 4 is 21.9 Å². The molecule has 0 spiro atoms. The van der Waals surface area contributed by atoms with Crippen LogP contribution in [0.1, 0.15) is 10.4 Å². The van der Waals surface area contributed by atoms with Gasteiger partial charge >= 0.3 is 10.3 Å². The lowest BCUT2D eigenvalue weighted by atomic mass is 10.2. The fourth-order valence-electron chi connectivity index (χ4n) is 0.987. The van der Waals surface area contributed by atoms with Crippen LogP contribution in [0.15, 0.2) is 24.3 Å². The Bertz CT molecular complexity index is 471. The van der Waals surface area contributed by atoms with Gasteiger partial charge in [0.15, 0.2) is 0 Å². The van der Waals surface area contributed by atoms with Gasteiger partial charge in [0.25, 0.3) is 5.91 Å². The molecule has 0 saturated carbocycles. The first-order valence-electron chi connectivity index (χ1n) is 3.79. The van der Waals surface area contributed by atoms with Gasteiger partial charge in [0.1, 0.15) is 0 Å². The second-order valence-corrected chi connectivity index (χ2v) is 3.75. The molecule has 15 heavy (non-hydrogen) atoms. The monoisotopic (exact) mass is 231 g/mol. The quantitative estimate of drug-likeness (QED) is 0.242. The number of hydrazine groups is 1. The van der Waals surface area contributed by atoms with Gasteiger partial charge in [0, 0.05) is 0 Å². The topological polar surface area (TPSA) is 122 Å². The van der Waals surface area contributed by atoms with Gasteiger partial charge in [-0.2, -0.15) is 8.42 Å². The average Bonchev–Trinajstić information content (AvgIpc) is 2.15. The minimum atomic E-state index is -4.41. The third kappa shape index (κ3) is 3.20. The third-order valence-electron chi connectivity index (χ3n) is 1.54. The molecule has 0 aliphatic heterocycles. The van der Waals surface area contributed by atoms with E-state index >= 15 is 0 Å². The van der Waals surface area contributed by atoms with E-state index in [1.54, 1.807) is 4.72 Å². The Labute approximate surface area is 86.1 Å². The molecular formula is C7H9N3O4S. The van der Waals surface area contributed by atoms with Gasteiger partial charge < -0.3 is 0 Å². The molecule has 8 heteroatoms. The highest BCUT2D eigenvalue weighted by atomic mass is 32.2. The number of rotatable bonds is 3. The smallest absolute Gasteiger partial charge is 0.290 e. The summed E-state index contributed by atoms with van der Waals surface area (Å²) in [6.07, 6.45) is 0. The van der Waals surface area contributed by atoms with Crippen LogP contribution < -0.4 is 16.0 Å². The van der Waals surface area contributed by atoms with Crippen LogP contribution in [0, 0.1) is 0 Å². The van der Waals surface area contributed by atoms with Crippen molar-refractivity contribution < 1.29 is 17.8 Å². The maximum Gasteiger partial charge on any atom is 0.357 e. The van der Waals surface area contributed by atoms with Crippen LogP contribution in [0.3, 0.4) is 0 Å². The summed E-state index contributed by atoms with van der Waals surface area (Å²) in [5.41, 5.74) is 1.81. The van der Waals surface area contributed by atoms with Gasteiger partial charge in [-0.25, -0.2) is 5.84 Å². The zero-order valence-electron chi connectivity index (χ0n) is 7.47. The van der Waals surface area contributed by atoms with Crippen LogP contribution in [0.2, 0.25) is 0 Å².